The number of nitrogens with zero attached hydrogens (tertiary/aromatic N) is 2. The van der Waals surface area contributed by atoms with Crippen molar-refractivity contribution in [2.24, 2.45) is 0 Å². The molecule has 0 atom stereocenters. The van der Waals surface area contributed by atoms with Crippen LogP contribution in [0, 0.1) is 6.92 Å². The first kappa shape index (κ1) is 8.42. The number of carbonyl (C=O) groups is 1. The van der Waals surface area contributed by atoms with Gasteiger partial charge in [-0.1, -0.05) is 15.9 Å². The summed E-state index contributed by atoms with van der Waals surface area (Å²) < 4.78 is 72.3. The van der Waals surface area contributed by atoms with Crippen molar-refractivity contribution in [1.29, 1.82) is 0 Å². The fourth-order valence-corrected chi connectivity index (χ4v) is 2.23. The number of hydrogen-bond donors (Lipinski definition) is 0. The second-order valence-electron chi connectivity index (χ2n) is 5.59. The molecule has 1 heterocycles. The lowest BCUT2D eigenvalue weighted by Gasteiger charge is -2.37. The van der Waals surface area contributed by atoms with Gasteiger partial charge in [-0.05, 0) is 51.5 Å². The number of halogens is 1. The van der Waals surface area contributed by atoms with Gasteiger partial charge in [0.25, 0.3) is 0 Å². The molecule has 0 aliphatic carbocycles. The highest BCUT2D eigenvalue weighted by molar-refractivity contribution is 9.10. The molecule has 0 N–H and O–H groups in total. The topological polar surface area (TPSA) is 32.8 Å². The van der Waals surface area contributed by atoms with Crippen LogP contribution in [0.5, 0.6) is 0 Å². The van der Waals surface area contributed by atoms with E-state index in [1.165, 1.54) is 32.9 Å². The molecule has 1 aromatic carbocycles. The predicted octanol–water partition coefficient (Wildman–Crippen LogP) is 3.81. The molecule has 0 aromatic heterocycles. The van der Waals surface area contributed by atoms with Crippen molar-refractivity contribution in [2.75, 3.05) is 30.9 Å². The van der Waals surface area contributed by atoms with Crippen LogP contribution in [0.15, 0.2) is 22.7 Å². The Balaban J connectivity index is 2.74. The van der Waals surface area contributed by atoms with E-state index >= 15 is 0 Å². The summed E-state index contributed by atoms with van der Waals surface area (Å²) in [6, 6.07) is 4.46. The lowest BCUT2D eigenvalue weighted by atomic mass is 10.2. The summed E-state index contributed by atoms with van der Waals surface area (Å²) in [6.07, 6.45) is -1.50. The summed E-state index contributed by atoms with van der Waals surface area (Å²) in [6.45, 7) is -6.71. The first-order valence-corrected chi connectivity index (χ1v) is 7.17. The van der Waals surface area contributed by atoms with E-state index in [1.807, 2.05) is 0 Å². The maximum Gasteiger partial charge on any atom is 0.410 e. The van der Waals surface area contributed by atoms with Gasteiger partial charge < -0.3 is 14.5 Å². The fraction of sp³-hybridized carbons (Fsp3) is 0.562. The van der Waals surface area contributed by atoms with Crippen LogP contribution in [-0.2, 0) is 4.74 Å². The van der Waals surface area contributed by atoms with Crippen molar-refractivity contribution in [3.8, 4) is 0 Å². The average molecular weight is 363 g/mol. The minimum absolute atomic E-state index is 0.0801. The van der Waals surface area contributed by atoms with E-state index in [0.717, 1.165) is 0 Å². The van der Waals surface area contributed by atoms with Crippen molar-refractivity contribution in [1.82, 2.24) is 4.90 Å². The Kier molecular flexibility index (Phi) is 2.51. The highest BCUT2D eigenvalue weighted by Crippen LogP contribution is 2.24. The lowest BCUT2D eigenvalue weighted by molar-refractivity contribution is 0.0240. The molecule has 1 aromatic rings. The standard InChI is InChI=1S/C16H23BrN2O2/c1-12-9-13(17)11-14(10-12)18-5-7-19(8-6-18)15(20)21-16(2,3)4/h9-11H,5-8H2,1-4H3/i5D2,6D2,7D2,8D2. The Hall–Kier alpha value is -1.23. The zero-order valence-electron chi connectivity index (χ0n) is 20.3. The van der Waals surface area contributed by atoms with Crippen molar-refractivity contribution < 1.29 is 20.5 Å². The van der Waals surface area contributed by atoms with Crippen molar-refractivity contribution in [3.05, 3.63) is 28.2 Å². The van der Waals surface area contributed by atoms with Gasteiger partial charge in [0.15, 0.2) is 0 Å². The number of ether oxygens (including phenoxy) is 1. The van der Waals surface area contributed by atoms with E-state index in [0.29, 0.717) is 14.9 Å². The molecule has 0 radical (unpaired) electrons. The van der Waals surface area contributed by atoms with Crippen molar-refractivity contribution in [3.63, 3.8) is 0 Å². The quantitative estimate of drug-likeness (QED) is 0.761. The lowest BCUT2D eigenvalue weighted by Crippen LogP contribution is -2.50. The van der Waals surface area contributed by atoms with Crippen LogP contribution in [0.1, 0.15) is 37.3 Å². The summed E-state index contributed by atoms with van der Waals surface area (Å²) in [5.74, 6) is 0. The van der Waals surface area contributed by atoms with Crippen molar-refractivity contribution >= 4 is 27.7 Å². The van der Waals surface area contributed by atoms with Crippen LogP contribution in [-0.4, -0.2) is 42.6 Å². The van der Waals surface area contributed by atoms with E-state index in [9.17, 15) is 4.79 Å². The second-order valence-corrected chi connectivity index (χ2v) is 6.50. The van der Waals surface area contributed by atoms with Crippen molar-refractivity contribution in [2.45, 2.75) is 33.3 Å². The third-order valence-corrected chi connectivity index (χ3v) is 2.87. The molecule has 5 heteroatoms. The minimum atomic E-state index is -3.28. The average Bonchev–Trinajstić information content (AvgIpc) is 2.41. The molecule has 1 fully saturated rings. The number of carbonyl (C=O) groups excluding carboxylic acids is 1. The van der Waals surface area contributed by atoms with Gasteiger partial charge in [0.05, 0.1) is 11.0 Å². The number of anilines is 1. The van der Waals surface area contributed by atoms with Crippen LogP contribution in [0.25, 0.3) is 0 Å². The fourth-order valence-electron chi connectivity index (χ4n) is 1.63. The van der Waals surface area contributed by atoms with E-state index in [2.05, 4.69) is 15.9 Å². The Morgan fingerprint density at radius 1 is 1.24 bits per heavy atom. The number of aryl methyl sites for hydroxylation is 1. The normalized spacial score (nSPS) is 31.3. The summed E-state index contributed by atoms with van der Waals surface area (Å²) in [7, 11) is 0. The molecule has 0 bridgehead atoms. The summed E-state index contributed by atoms with van der Waals surface area (Å²) in [5.41, 5.74) is -0.582. The number of hydrogen-bond acceptors (Lipinski definition) is 3. The van der Waals surface area contributed by atoms with Gasteiger partial charge in [0, 0.05) is 36.1 Å². The van der Waals surface area contributed by atoms with Gasteiger partial charge in [-0.3, -0.25) is 0 Å². The number of benzene rings is 1. The van der Waals surface area contributed by atoms with Gasteiger partial charge in [-0.25, -0.2) is 4.79 Å². The molecule has 116 valence electrons. The van der Waals surface area contributed by atoms with Gasteiger partial charge in [0.2, 0.25) is 0 Å². The highest BCUT2D eigenvalue weighted by Gasteiger charge is 2.25. The Bertz CT molecular complexity index is 777. The van der Waals surface area contributed by atoms with Crippen LogP contribution < -0.4 is 4.90 Å². The molecule has 2 rings (SSSR count). The molecule has 0 saturated carbocycles. The Labute approximate surface area is 146 Å². The number of piperazine rings is 1. The molecule has 1 aliphatic heterocycles. The number of rotatable bonds is 1. The third kappa shape index (κ3) is 4.63. The SMILES string of the molecule is [2H]C1([2H])N(C(=O)OC(C)(C)C)C([2H])([2H])C([2H])([2H])N(c2cc(C)cc(Br)c2)C1([2H])[2H]. The van der Waals surface area contributed by atoms with Gasteiger partial charge in [-0.15, -0.1) is 0 Å². The monoisotopic (exact) mass is 362 g/mol. The smallest absolute Gasteiger partial charge is 0.410 e. The van der Waals surface area contributed by atoms with Crippen LogP contribution in [0.2, 0.25) is 0 Å². The summed E-state index contributed by atoms with van der Waals surface area (Å²) in [5, 5.41) is 0. The zero-order chi connectivity index (χ0) is 22.8. The van der Waals surface area contributed by atoms with E-state index in [-0.39, 0.29) is 10.6 Å². The van der Waals surface area contributed by atoms with Gasteiger partial charge >= 0.3 is 6.09 Å². The first-order chi connectivity index (χ1) is 12.8. The van der Waals surface area contributed by atoms with E-state index in [4.69, 9.17) is 15.7 Å². The Morgan fingerprint density at radius 3 is 2.38 bits per heavy atom. The maximum atomic E-state index is 12.6. The zero-order valence-corrected chi connectivity index (χ0v) is 13.9. The first-order valence-electron chi connectivity index (χ1n) is 10.4. The van der Waals surface area contributed by atoms with Crippen LogP contribution >= 0.6 is 15.9 Å². The molecular weight excluding hydrogens is 332 g/mol. The molecule has 0 unspecified atom stereocenters. The number of amides is 1. The molecule has 0 spiro atoms. The van der Waals surface area contributed by atoms with Crippen LogP contribution in [0.3, 0.4) is 0 Å². The minimum Gasteiger partial charge on any atom is -0.444 e. The molecular formula is C16H23BrN2O2. The molecule has 4 nitrogen and oxygen atoms in total. The van der Waals surface area contributed by atoms with Crippen LogP contribution in [0.4, 0.5) is 10.5 Å². The van der Waals surface area contributed by atoms with E-state index in [1.54, 1.807) is 13.0 Å². The summed E-state index contributed by atoms with van der Waals surface area (Å²) >= 11 is 3.24. The highest BCUT2D eigenvalue weighted by atomic mass is 79.9. The predicted molar refractivity (Wildman–Crippen MR) is 88.9 cm³/mol. The molecule has 1 amide bonds. The largest absolute Gasteiger partial charge is 0.444 e. The third-order valence-electron chi connectivity index (χ3n) is 2.41. The second kappa shape index (κ2) is 6.26. The molecule has 21 heavy (non-hydrogen) atoms. The summed E-state index contributed by atoms with van der Waals surface area (Å²) in [4.78, 5) is 12.9. The van der Waals surface area contributed by atoms with Gasteiger partial charge in [-0.2, -0.15) is 0 Å². The maximum absolute atomic E-state index is 12.6. The van der Waals surface area contributed by atoms with Gasteiger partial charge in [0.1, 0.15) is 5.60 Å². The molecule has 1 saturated heterocycles. The molecule has 1 aliphatic rings. The van der Waals surface area contributed by atoms with E-state index < -0.39 is 37.7 Å². The Morgan fingerprint density at radius 2 is 1.86 bits per heavy atom.